The zero-order valence-electron chi connectivity index (χ0n) is 13.6. The molecule has 0 radical (unpaired) electrons. The third-order valence-corrected chi connectivity index (χ3v) is 4.80. The van der Waals surface area contributed by atoms with E-state index in [0.29, 0.717) is 6.61 Å². The van der Waals surface area contributed by atoms with E-state index < -0.39 is 0 Å². The molecule has 0 saturated heterocycles. The largest absolute Gasteiger partial charge is 0.494 e. The van der Waals surface area contributed by atoms with E-state index in [0.717, 1.165) is 40.4 Å². The Hall–Kier alpha value is -1.84. The van der Waals surface area contributed by atoms with E-state index in [2.05, 4.69) is 29.6 Å². The quantitative estimate of drug-likeness (QED) is 0.367. The molecule has 1 heterocycles. The Morgan fingerprint density at radius 3 is 2.50 bits per heavy atom. The number of ether oxygens (including phenoxy) is 1. The first-order chi connectivity index (χ1) is 11.7. The van der Waals surface area contributed by atoms with Gasteiger partial charge in [-0.1, -0.05) is 30.3 Å². The zero-order valence-corrected chi connectivity index (χ0v) is 15.2. The number of hydrogen-bond acceptors (Lipinski definition) is 3. The van der Waals surface area contributed by atoms with E-state index in [1.165, 1.54) is 0 Å². The van der Waals surface area contributed by atoms with Crippen LogP contribution in [0.2, 0.25) is 0 Å². The molecule has 0 N–H and O–H groups in total. The monoisotopic (exact) mass is 357 g/mol. The molecule has 0 fully saturated rings. The molecule has 1 aromatic heterocycles. The van der Waals surface area contributed by atoms with E-state index >= 15 is 0 Å². The Kier molecular flexibility index (Phi) is 5.89. The average molecular weight is 358 g/mol. The van der Waals surface area contributed by atoms with Gasteiger partial charge in [-0.25, -0.2) is 4.98 Å². The molecule has 1 atom stereocenters. The van der Waals surface area contributed by atoms with Crippen LogP contribution in [0.15, 0.2) is 60.0 Å². The lowest BCUT2D eigenvalue weighted by atomic mass is 10.1. The first-order valence-electron chi connectivity index (χ1n) is 8.10. The number of thiazole rings is 1. The molecule has 3 aromatic rings. The molecule has 2 nitrogen and oxygen atoms in total. The molecule has 0 amide bonds. The molecule has 0 bridgehead atoms. The minimum absolute atomic E-state index is 0.208. The van der Waals surface area contributed by atoms with Gasteiger partial charge in [-0.15, -0.1) is 22.9 Å². The number of hydrogen-bond donors (Lipinski definition) is 0. The summed E-state index contributed by atoms with van der Waals surface area (Å²) in [5, 5.41) is 3.35. The summed E-state index contributed by atoms with van der Waals surface area (Å²) in [5.41, 5.74) is 3.26. The van der Waals surface area contributed by atoms with Gasteiger partial charge in [0.1, 0.15) is 10.8 Å². The standard InChI is InChI=1S/C20H20ClNOS/c1-15(21)6-5-13-23-18-11-9-16(10-12-18)19-14-24-20(22-19)17-7-3-2-4-8-17/h2-4,7-12,14-15H,5-6,13H2,1H3. The van der Waals surface area contributed by atoms with E-state index in [4.69, 9.17) is 21.3 Å². The lowest BCUT2D eigenvalue weighted by Crippen LogP contribution is -2.00. The van der Waals surface area contributed by atoms with Crippen LogP contribution >= 0.6 is 22.9 Å². The maximum atomic E-state index is 5.93. The number of alkyl halides is 1. The van der Waals surface area contributed by atoms with Gasteiger partial charge >= 0.3 is 0 Å². The van der Waals surface area contributed by atoms with Gasteiger partial charge in [0, 0.05) is 21.9 Å². The molecule has 4 heteroatoms. The lowest BCUT2D eigenvalue weighted by Gasteiger charge is -2.07. The second-order valence-corrected chi connectivity index (χ2v) is 7.30. The average Bonchev–Trinajstić information content (AvgIpc) is 3.10. The van der Waals surface area contributed by atoms with Crippen molar-refractivity contribution < 1.29 is 4.74 Å². The Morgan fingerprint density at radius 2 is 1.79 bits per heavy atom. The number of halogens is 1. The first-order valence-corrected chi connectivity index (χ1v) is 9.42. The van der Waals surface area contributed by atoms with Crippen LogP contribution in [0.5, 0.6) is 5.75 Å². The van der Waals surface area contributed by atoms with Gasteiger partial charge in [0.05, 0.1) is 12.3 Å². The van der Waals surface area contributed by atoms with Crippen LogP contribution in [-0.2, 0) is 0 Å². The number of rotatable bonds is 7. The Balaban J connectivity index is 1.63. The van der Waals surface area contributed by atoms with Crippen molar-refractivity contribution in [1.82, 2.24) is 4.98 Å². The fourth-order valence-electron chi connectivity index (χ4n) is 2.40. The van der Waals surface area contributed by atoms with Crippen LogP contribution < -0.4 is 4.74 Å². The van der Waals surface area contributed by atoms with Gasteiger partial charge < -0.3 is 4.74 Å². The summed E-state index contributed by atoms with van der Waals surface area (Å²) in [7, 11) is 0. The summed E-state index contributed by atoms with van der Waals surface area (Å²) in [6.45, 7) is 2.71. The van der Waals surface area contributed by atoms with Gasteiger partial charge in [0.2, 0.25) is 0 Å². The fourth-order valence-corrected chi connectivity index (χ4v) is 3.39. The molecule has 1 unspecified atom stereocenters. The molecule has 0 saturated carbocycles. The van der Waals surface area contributed by atoms with E-state index in [1.807, 2.05) is 37.3 Å². The van der Waals surface area contributed by atoms with Crippen LogP contribution in [0.3, 0.4) is 0 Å². The molecular weight excluding hydrogens is 338 g/mol. The van der Waals surface area contributed by atoms with Crippen molar-refractivity contribution in [3.8, 4) is 27.6 Å². The van der Waals surface area contributed by atoms with Crippen LogP contribution in [0.4, 0.5) is 0 Å². The van der Waals surface area contributed by atoms with E-state index in [9.17, 15) is 0 Å². The Morgan fingerprint density at radius 1 is 1.04 bits per heavy atom. The van der Waals surface area contributed by atoms with Crippen molar-refractivity contribution >= 4 is 22.9 Å². The highest BCUT2D eigenvalue weighted by atomic mass is 35.5. The molecule has 0 aliphatic heterocycles. The van der Waals surface area contributed by atoms with Gasteiger partial charge in [-0.2, -0.15) is 0 Å². The smallest absolute Gasteiger partial charge is 0.124 e. The molecule has 3 rings (SSSR count). The first kappa shape index (κ1) is 17.0. The zero-order chi connectivity index (χ0) is 16.8. The van der Waals surface area contributed by atoms with Gasteiger partial charge in [-0.3, -0.25) is 0 Å². The van der Waals surface area contributed by atoms with Crippen molar-refractivity contribution in [2.45, 2.75) is 25.1 Å². The minimum atomic E-state index is 0.208. The maximum Gasteiger partial charge on any atom is 0.124 e. The normalized spacial score (nSPS) is 12.1. The third-order valence-electron chi connectivity index (χ3n) is 3.69. The number of benzene rings is 2. The lowest BCUT2D eigenvalue weighted by molar-refractivity contribution is 0.307. The summed E-state index contributed by atoms with van der Waals surface area (Å²) in [4.78, 5) is 4.74. The summed E-state index contributed by atoms with van der Waals surface area (Å²) in [6, 6.07) is 18.4. The minimum Gasteiger partial charge on any atom is -0.494 e. The van der Waals surface area contributed by atoms with Gasteiger partial charge in [0.25, 0.3) is 0 Å². The van der Waals surface area contributed by atoms with Crippen LogP contribution in [0.25, 0.3) is 21.8 Å². The van der Waals surface area contributed by atoms with Gasteiger partial charge in [-0.05, 0) is 44.0 Å². The molecular formula is C20H20ClNOS. The summed E-state index contributed by atoms with van der Waals surface area (Å²) >= 11 is 7.60. The number of aromatic nitrogens is 1. The fraction of sp³-hybridized carbons (Fsp3) is 0.250. The molecule has 124 valence electrons. The molecule has 0 aliphatic carbocycles. The maximum absolute atomic E-state index is 5.93. The topological polar surface area (TPSA) is 22.1 Å². The second-order valence-electron chi connectivity index (χ2n) is 5.70. The van der Waals surface area contributed by atoms with Crippen LogP contribution in [0, 0.1) is 0 Å². The molecule has 0 spiro atoms. The van der Waals surface area contributed by atoms with Crippen LogP contribution in [-0.4, -0.2) is 17.0 Å². The van der Waals surface area contributed by atoms with Crippen molar-refractivity contribution in [3.05, 3.63) is 60.0 Å². The predicted octanol–water partition coefficient (Wildman–Crippen LogP) is 6.26. The van der Waals surface area contributed by atoms with E-state index in [-0.39, 0.29) is 5.38 Å². The second kappa shape index (κ2) is 8.32. The highest BCUT2D eigenvalue weighted by Gasteiger charge is 2.06. The van der Waals surface area contributed by atoms with Gasteiger partial charge in [0.15, 0.2) is 0 Å². The van der Waals surface area contributed by atoms with Crippen molar-refractivity contribution in [2.24, 2.45) is 0 Å². The molecule has 24 heavy (non-hydrogen) atoms. The predicted molar refractivity (Wildman–Crippen MR) is 103 cm³/mol. The van der Waals surface area contributed by atoms with E-state index in [1.54, 1.807) is 11.3 Å². The number of nitrogens with zero attached hydrogens (tertiary/aromatic N) is 1. The third kappa shape index (κ3) is 4.59. The highest BCUT2D eigenvalue weighted by Crippen LogP contribution is 2.29. The van der Waals surface area contributed by atoms with Crippen molar-refractivity contribution in [3.63, 3.8) is 0 Å². The molecule has 2 aromatic carbocycles. The summed E-state index contributed by atoms with van der Waals surface area (Å²) < 4.78 is 5.75. The highest BCUT2D eigenvalue weighted by molar-refractivity contribution is 7.13. The van der Waals surface area contributed by atoms with Crippen molar-refractivity contribution in [2.75, 3.05) is 6.61 Å². The molecule has 0 aliphatic rings. The van der Waals surface area contributed by atoms with Crippen molar-refractivity contribution in [1.29, 1.82) is 0 Å². The van der Waals surface area contributed by atoms with Crippen LogP contribution in [0.1, 0.15) is 19.8 Å². The summed E-state index contributed by atoms with van der Waals surface area (Å²) in [5.74, 6) is 0.888. The summed E-state index contributed by atoms with van der Waals surface area (Å²) in [6.07, 6.45) is 1.94. The SMILES string of the molecule is CC(Cl)CCCOc1ccc(-c2csc(-c3ccccc3)n2)cc1. The Labute approximate surface area is 152 Å². The Bertz CT molecular complexity index is 753.